The lowest BCUT2D eigenvalue weighted by molar-refractivity contribution is 0.251. The van der Waals surface area contributed by atoms with Crippen molar-refractivity contribution in [2.24, 2.45) is 0 Å². The van der Waals surface area contributed by atoms with Crippen LogP contribution in [0.1, 0.15) is 19.3 Å². The highest BCUT2D eigenvalue weighted by atomic mass is 35.5. The molecule has 0 atom stereocenters. The minimum atomic E-state index is -0.211. The van der Waals surface area contributed by atoms with E-state index in [1.165, 1.54) is 25.9 Å². The highest BCUT2D eigenvalue weighted by Crippen LogP contribution is 2.27. The second-order valence-electron chi connectivity index (χ2n) is 5.13. The third-order valence-electron chi connectivity index (χ3n) is 3.55. The molecule has 2 N–H and O–H groups in total. The van der Waals surface area contributed by atoms with Gasteiger partial charge < -0.3 is 20.3 Å². The number of nitrogens with zero attached hydrogens (tertiary/aromatic N) is 1. The van der Waals surface area contributed by atoms with Crippen molar-refractivity contribution in [3.8, 4) is 5.75 Å². The fourth-order valence-electron chi connectivity index (χ4n) is 2.43. The lowest BCUT2D eigenvalue weighted by Crippen LogP contribution is -2.31. The van der Waals surface area contributed by atoms with E-state index in [-0.39, 0.29) is 6.03 Å². The highest BCUT2D eigenvalue weighted by Gasteiger charge is 2.10. The van der Waals surface area contributed by atoms with Crippen molar-refractivity contribution in [1.82, 2.24) is 10.2 Å². The molecule has 6 heteroatoms. The van der Waals surface area contributed by atoms with Crippen LogP contribution in [0.2, 0.25) is 5.02 Å². The summed E-state index contributed by atoms with van der Waals surface area (Å²) in [5.74, 6) is 0.591. The quantitative estimate of drug-likeness (QED) is 0.794. The summed E-state index contributed by atoms with van der Waals surface area (Å²) in [6.45, 7) is 4.11. The zero-order valence-electron chi connectivity index (χ0n) is 12.3. The van der Waals surface area contributed by atoms with Gasteiger partial charge in [-0.3, -0.25) is 0 Å². The minimum Gasteiger partial charge on any atom is -0.495 e. The van der Waals surface area contributed by atoms with E-state index in [9.17, 15) is 4.79 Å². The second kappa shape index (κ2) is 8.10. The number of hydrogen-bond acceptors (Lipinski definition) is 3. The molecule has 2 rings (SSSR count). The maximum absolute atomic E-state index is 11.8. The first-order valence-corrected chi connectivity index (χ1v) is 7.67. The molecule has 5 nitrogen and oxygen atoms in total. The molecule has 1 aromatic carbocycles. The molecule has 0 unspecified atom stereocenters. The van der Waals surface area contributed by atoms with E-state index >= 15 is 0 Å². The van der Waals surface area contributed by atoms with Gasteiger partial charge in [0.2, 0.25) is 0 Å². The number of nitrogens with one attached hydrogen (secondary N) is 2. The summed E-state index contributed by atoms with van der Waals surface area (Å²) in [7, 11) is 1.56. The number of halogens is 1. The maximum atomic E-state index is 11.8. The number of likely N-dealkylation sites (tertiary alicyclic amines) is 1. The SMILES string of the molecule is COc1ccc(NC(=O)NCCCN2CCCC2)cc1Cl. The topological polar surface area (TPSA) is 53.6 Å². The van der Waals surface area contributed by atoms with Gasteiger partial charge in [-0.1, -0.05) is 11.6 Å². The predicted molar refractivity (Wildman–Crippen MR) is 85.3 cm³/mol. The first-order valence-electron chi connectivity index (χ1n) is 7.30. The largest absolute Gasteiger partial charge is 0.495 e. The van der Waals surface area contributed by atoms with Gasteiger partial charge in [-0.15, -0.1) is 0 Å². The summed E-state index contributed by atoms with van der Waals surface area (Å²) < 4.78 is 5.07. The number of ether oxygens (including phenoxy) is 1. The molecule has 0 radical (unpaired) electrons. The average molecular weight is 312 g/mol. The van der Waals surface area contributed by atoms with Crippen LogP contribution < -0.4 is 15.4 Å². The van der Waals surface area contributed by atoms with Gasteiger partial charge in [0.05, 0.1) is 12.1 Å². The molecule has 0 aliphatic carbocycles. The normalized spacial score (nSPS) is 15.0. The van der Waals surface area contributed by atoms with Crippen LogP contribution in [-0.4, -0.2) is 44.2 Å². The van der Waals surface area contributed by atoms with E-state index in [1.807, 2.05) is 0 Å². The molecule has 1 aliphatic rings. The summed E-state index contributed by atoms with van der Waals surface area (Å²) in [6, 6.07) is 4.95. The van der Waals surface area contributed by atoms with E-state index in [2.05, 4.69) is 15.5 Å². The third-order valence-corrected chi connectivity index (χ3v) is 3.84. The van der Waals surface area contributed by atoms with E-state index in [0.29, 0.717) is 23.0 Å². The Bertz CT molecular complexity index is 476. The van der Waals surface area contributed by atoms with Gasteiger partial charge >= 0.3 is 6.03 Å². The average Bonchev–Trinajstić information content (AvgIpc) is 2.97. The molecular formula is C15H22ClN3O2. The van der Waals surface area contributed by atoms with Crippen LogP contribution in [0.3, 0.4) is 0 Å². The maximum Gasteiger partial charge on any atom is 0.319 e. The molecule has 21 heavy (non-hydrogen) atoms. The van der Waals surface area contributed by atoms with Crippen LogP contribution in [0.4, 0.5) is 10.5 Å². The summed E-state index contributed by atoms with van der Waals surface area (Å²) in [5, 5.41) is 6.09. The highest BCUT2D eigenvalue weighted by molar-refractivity contribution is 6.32. The summed E-state index contributed by atoms with van der Waals surface area (Å²) in [5.41, 5.74) is 0.651. The molecule has 1 fully saturated rings. The fraction of sp³-hybridized carbons (Fsp3) is 0.533. The molecule has 2 amide bonds. The first kappa shape index (κ1) is 15.9. The molecule has 1 heterocycles. The smallest absolute Gasteiger partial charge is 0.319 e. The predicted octanol–water partition coefficient (Wildman–Crippen LogP) is 2.96. The molecule has 0 saturated carbocycles. The van der Waals surface area contributed by atoms with Crippen molar-refractivity contribution in [2.45, 2.75) is 19.3 Å². The summed E-state index contributed by atoms with van der Waals surface area (Å²) in [6.07, 6.45) is 3.56. The molecule has 0 aromatic heterocycles. The molecule has 1 aliphatic heterocycles. The van der Waals surface area contributed by atoms with Gasteiger partial charge in [0.1, 0.15) is 5.75 Å². The number of carbonyl (C=O) groups excluding carboxylic acids is 1. The Morgan fingerprint density at radius 2 is 2.14 bits per heavy atom. The minimum absolute atomic E-state index is 0.211. The lowest BCUT2D eigenvalue weighted by atomic mass is 10.3. The Hall–Kier alpha value is -1.46. The molecule has 0 spiro atoms. The van der Waals surface area contributed by atoms with Gasteiger partial charge in [-0.25, -0.2) is 4.79 Å². The Kier molecular flexibility index (Phi) is 6.14. The number of urea groups is 1. The first-order chi connectivity index (χ1) is 10.2. The van der Waals surface area contributed by atoms with Gasteiger partial charge in [0.25, 0.3) is 0 Å². The summed E-state index contributed by atoms with van der Waals surface area (Å²) >= 11 is 6.01. The molecule has 116 valence electrons. The lowest BCUT2D eigenvalue weighted by Gasteiger charge is -2.14. The number of benzene rings is 1. The van der Waals surface area contributed by atoms with Crippen LogP contribution in [0, 0.1) is 0 Å². The fourth-order valence-corrected chi connectivity index (χ4v) is 2.69. The third kappa shape index (κ3) is 5.10. The number of amides is 2. The standard InChI is InChI=1S/C15H22ClN3O2/c1-21-14-6-5-12(11-13(14)16)18-15(20)17-7-4-10-19-8-2-3-9-19/h5-6,11H,2-4,7-10H2,1H3,(H2,17,18,20). The van der Waals surface area contributed by atoms with E-state index in [0.717, 1.165) is 13.0 Å². The van der Waals surface area contributed by atoms with Crippen molar-refractivity contribution in [1.29, 1.82) is 0 Å². The van der Waals surface area contributed by atoms with Gasteiger partial charge in [-0.05, 0) is 57.1 Å². The Morgan fingerprint density at radius 3 is 2.81 bits per heavy atom. The monoisotopic (exact) mass is 311 g/mol. The number of hydrogen-bond donors (Lipinski definition) is 2. The Morgan fingerprint density at radius 1 is 1.38 bits per heavy atom. The van der Waals surface area contributed by atoms with Gasteiger partial charge in [0, 0.05) is 12.2 Å². The van der Waals surface area contributed by atoms with E-state index < -0.39 is 0 Å². The van der Waals surface area contributed by atoms with Crippen LogP contribution in [0.25, 0.3) is 0 Å². The van der Waals surface area contributed by atoms with Crippen LogP contribution in [0.5, 0.6) is 5.75 Å². The number of carbonyl (C=O) groups is 1. The van der Waals surface area contributed by atoms with Crippen LogP contribution in [0.15, 0.2) is 18.2 Å². The number of anilines is 1. The Balaban J connectivity index is 1.67. The van der Waals surface area contributed by atoms with Crippen molar-refractivity contribution in [2.75, 3.05) is 38.6 Å². The van der Waals surface area contributed by atoms with E-state index in [1.54, 1.807) is 25.3 Å². The molecule has 1 aromatic rings. The van der Waals surface area contributed by atoms with Crippen LogP contribution >= 0.6 is 11.6 Å². The van der Waals surface area contributed by atoms with Crippen molar-refractivity contribution in [3.63, 3.8) is 0 Å². The van der Waals surface area contributed by atoms with Crippen molar-refractivity contribution in [3.05, 3.63) is 23.2 Å². The number of methoxy groups -OCH3 is 1. The van der Waals surface area contributed by atoms with Gasteiger partial charge in [0.15, 0.2) is 0 Å². The molecule has 1 saturated heterocycles. The Labute approximate surface area is 130 Å². The molecular weight excluding hydrogens is 290 g/mol. The summed E-state index contributed by atoms with van der Waals surface area (Å²) in [4.78, 5) is 14.2. The second-order valence-corrected chi connectivity index (χ2v) is 5.54. The van der Waals surface area contributed by atoms with Gasteiger partial charge in [-0.2, -0.15) is 0 Å². The molecule has 0 bridgehead atoms. The van der Waals surface area contributed by atoms with E-state index in [4.69, 9.17) is 16.3 Å². The van der Waals surface area contributed by atoms with Crippen molar-refractivity contribution < 1.29 is 9.53 Å². The van der Waals surface area contributed by atoms with Crippen LogP contribution in [-0.2, 0) is 0 Å². The zero-order valence-corrected chi connectivity index (χ0v) is 13.1. The van der Waals surface area contributed by atoms with Crippen molar-refractivity contribution >= 4 is 23.3 Å². The number of rotatable bonds is 6. The zero-order chi connectivity index (χ0) is 15.1.